The lowest BCUT2D eigenvalue weighted by atomic mass is 10.2. The van der Waals surface area contributed by atoms with Crippen LogP contribution in [0.15, 0.2) is 10.5 Å². The van der Waals surface area contributed by atoms with Gasteiger partial charge in [0.2, 0.25) is 0 Å². The van der Waals surface area contributed by atoms with Crippen molar-refractivity contribution in [3.8, 4) is 0 Å². The fourth-order valence-corrected chi connectivity index (χ4v) is 2.00. The standard InChI is InChI=1S/C9H4BrCl2FN2/c1-3-14-8-4(9(12)15-3)2-5(11)6(10)7(8)13/h2H,1H3. The van der Waals surface area contributed by atoms with Crippen LogP contribution in [0.3, 0.4) is 0 Å². The lowest BCUT2D eigenvalue weighted by molar-refractivity contribution is 0.629. The van der Waals surface area contributed by atoms with Gasteiger partial charge in [-0.25, -0.2) is 14.4 Å². The van der Waals surface area contributed by atoms with Crippen molar-refractivity contribution in [1.29, 1.82) is 0 Å². The lowest BCUT2D eigenvalue weighted by Crippen LogP contribution is -1.94. The molecule has 0 bridgehead atoms. The molecule has 0 N–H and O–H groups in total. The average molecular weight is 310 g/mol. The van der Waals surface area contributed by atoms with E-state index in [2.05, 4.69) is 25.9 Å². The van der Waals surface area contributed by atoms with Gasteiger partial charge in [-0.2, -0.15) is 0 Å². The van der Waals surface area contributed by atoms with E-state index in [4.69, 9.17) is 23.2 Å². The van der Waals surface area contributed by atoms with Gasteiger partial charge in [-0.05, 0) is 28.9 Å². The molecule has 78 valence electrons. The van der Waals surface area contributed by atoms with Crippen LogP contribution in [-0.4, -0.2) is 9.97 Å². The summed E-state index contributed by atoms with van der Waals surface area (Å²) in [5, 5.41) is 0.855. The number of nitrogens with zero attached hydrogens (tertiary/aromatic N) is 2. The summed E-state index contributed by atoms with van der Waals surface area (Å²) in [4.78, 5) is 7.91. The summed E-state index contributed by atoms with van der Waals surface area (Å²) in [6, 6.07) is 1.53. The molecule has 0 aliphatic carbocycles. The Morgan fingerprint density at radius 1 is 1.33 bits per heavy atom. The highest BCUT2D eigenvalue weighted by molar-refractivity contribution is 9.10. The van der Waals surface area contributed by atoms with Gasteiger partial charge in [0.05, 0.1) is 9.50 Å². The molecule has 1 aromatic heterocycles. The summed E-state index contributed by atoms with van der Waals surface area (Å²) >= 11 is 14.7. The summed E-state index contributed by atoms with van der Waals surface area (Å²) < 4.78 is 13.9. The van der Waals surface area contributed by atoms with Crippen molar-refractivity contribution < 1.29 is 4.39 Å². The van der Waals surface area contributed by atoms with E-state index in [1.807, 2.05) is 0 Å². The molecule has 1 aromatic carbocycles. The molecule has 1 heterocycles. The zero-order chi connectivity index (χ0) is 11.2. The minimum atomic E-state index is -0.523. The zero-order valence-corrected chi connectivity index (χ0v) is 10.6. The van der Waals surface area contributed by atoms with Crippen LogP contribution in [0, 0.1) is 12.7 Å². The van der Waals surface area contributed by atoms with E-state index in [0.717, 1.165) is 0 Å². The second-order valence-electron chi connectivity index (χ2n) is 2.94. The Morgan fingerprint density at radius 3 is 2.67 bits per heavy atom. The normalized spacial score (nSPS) is 11.0. The highest BCUT2D eigenvalue weighted by atomic mass is 79.9. The van der Waals surface area contributed by atoms with Crippen LogP contribution >= 0.6 is 39.1 Å². The van der Waals surface area contributed by atoms with E-state index in [1.54, 1.807) is 6.92 Å². The smallest absolute Gasteiger partial charge is 0.165 e. The topological polar surface area (TPSA) is 25.8 Å². The van der Waals surface area contributed by atoms with Crippen molar-refractivity contribution >= 4 is 50.0 Å². The maximum Gasteiger partial charge on any atom is 0.165 e. The number of rotatable bonds is 0. The molecule has 0 spiro atoms. The van der Waals surface area contributed by atoms with E-state index < -0.39 is 5.82 Å². The van der Waals surface area contributed by atoms with Gasteiger partial charge in [0.1, 0.15) is 16.5 Å². The van der Waals surface area contributed by atoms with Crippen LogP contribution < -0.4 is 0 Å². The first-order chi connectivity index (χ1) is 7.00. The number of hydrogen-bond donors (Lipinski definition) is 0. The molecular formula is C9H4BrCl2FN2. The summed E-state index contributed by atoms with van der Waals surface area (Å²) in [6.45, 7) is 1.65. The summed E-state index contributed by atoms with van der Waals surface area (Å²) in [5.41, 5.74) is 0.170. The van der Waals surface area contributed by atoms with Gasteiger partial charge in [0, 0.05) is 5.39 Å². The first-order valence-corrected chi connectivity index (χ1v) is 5.53. The first-order valence-electron chi connectivity index (χ1n) is 3.98. The van der Waals surface area contributed by atoms with Crippen LogP contribution in [0.5, 0.6) is 0 Å². The van der Waals surface area contributed by atoms with Gasteiger partial charge in [-0.1, -0.05) is 23.2 Å². The van der Waals surface area contributed by atoms with Crippen LogP contribution in [0.1, 0.15) is 5.82 Å². The highest BCUT2D eigenvalue weighted by Gasteiger charge is 2.14. The molecule has 0 amide bonds. The zero-order valence-electron chi connectivity index (χ0n) is 7.48. The van der Waals surface area contributed by atoms with E-state index in [0.29, 0.717) is 11.2 Å². The molecule has 2 aromatic rings. The number of aromatic nitrogens is 2. The number of fused-ring (bicyclic) bond motifs is 1. The van der Waals surface area contributed by atoms with Gasteiger partial charge in [-0.3, -0.25) is 0 Å². The molecule has 0 unspecified atom stereocenters. The van der Waals surface area contributed by atoms with E-state index in [1.165, 1.54) is 6.07 Å². The Bertz CT molecular complexity index is 560. The monoisotopic (exact) mass is 308 g/mol. The van der Waals surface area contributed by atoms with Gasteiger partial charge in [0.25, 0.3) is 0 Å². The molecule has 0 aliphatic heterocycles. The Kier molecular flexibility index (Phi) is 2.83. The van der Waals surface area contributed by atoms with Crippen molar-refractivity contribution in [2.75, 3.05) is 0 Å². The SMILES string of the molecule is Cc1nc(Cl)c2cc(Cl)c(Br)c(F)c2n1. The number of benzene rings is 1. The predicted octanol–water partition coefficient (Wildman–Crippen LogP) is 4.15. The Balaban J connectivity index is 2.98. The van der Waals surface area contributed by atoms with Gasteiger partial charge in [-0.15, -0.1) is 0 Å². The van der Waals surface area contributed by atoms with Crippen molar-refractivity contribution in [3.63, 3.8) is 0 Å². The Hall–Kier alpha value is -0.450. The molecule has 15 heavy (non-hydrogen) atoms. The third-order valence-electron chi connectivity index (χ3n) is 1.89. The van der Waals surface area contributed by atoms with Crippen molar-refractivity contribution in [3.05, 3.63) is 32.4 Å². The summed E-state index contributed by atoms with van der Waals surface area (Å²) in [6.07, 6.45) is 0. The fourth-order valence-electron chi connectivity index (χ4n) is 1.24. The summed E-state index contributed by atoms with van der Waals surface area (Å²) in [7, 11) is 0. The van der Waals surface area contributed by atoms with Crippen LogP contribution in [-0.2, 0) is 0 Å². The predicted molar refractivity (Wildman–Crippen MR) is 62.0 cm³/mol. The molecule has 0 fully saturated rings. The average Bonchev–Trinajstić information content (AvgIpc) is 2.17. The van der Waals surface area contributed by atoms with E-state index in [9.17, 15) is 4.39 Å². The molecule has 0 saturated heterocycles. The van der Waals surface area contributed by atoms with Gasteiger partial charge >= 0.3 is 0 Å². The largest absolute Gasteiger partial charge is 0.230 e. The highest BCUT2D eigenvalue weighted by Crippen LogP contribution is 2.33. The molecule has 6 heteroatoms. The minimum Gasteiger partial charge on any atom is -0.230 e. The van der Waals surface area contributed by atoms with Crippen LogP contribution in [0.25, 0.3) is 10.9 Å². The number of halogens is 4. The molecule has 0 atom stereocenters. The van der Waals surface area contributed by atoms with Crippen molar-refractivity contribution in [2.45, 2.75) is 6.92 Å². The Labute approximate surface area is 104 Å². The third-order valence-corrected chi connectivity index (χ3v) is 3.48. The molecule has 0 aliphatic rings. The fraction of sp³-hybridized carbons (Fsp3) is 0.111. The van der Waals surface area contributed by atoms with Gasteiger partial charge < -0.3 is 0 Å². The minimum absolute atomic E-state index is 0.170. The number of hydrogen-bond acceptors (Lipinski definition) is 2. The maximum absolute atomic E-state index is 13.7. The van der Waals surface area contributed by atoms with E-state index in [-0.39, 0.29) is 20.2 Å². The molecule has 2 rings (SSSR count). The second kappa shape index (κ2) is 3.85. The maximum atomic E-state index is 13.7. The van der Waals surface area contributed by atoms with E-state index >= 15 is 0 Å². The lowest BCUT2D eigenvalue weighted by Gasteiger charge is -2.05. The first kappa shape index (κ1) is 11.0. The van der Waals surface area contributed by atoms with Crippen molar-refractivity contribution in [1.82, 2.24) is 9.97 Å². The van der Waals surface area contributed by atoms with Crippen LogP contribution in [0.4, 0.5) is 4.39 Å². The molecule has 0 radical (unpaired) electrons. The number of aryl methyl sites for hydroxylation is 1. The quantitative estimate of drug-likeness (QED) is 0.540. The van der Waals surface area contributed by atoms with Gasteiger partial charge in [0.15, 0.2) is 5.82 Å². The molecule has 2 nitrogen and oxygen atoms in total. The summed E-state index contributed by atoms with van der Waals surface area (Å²) in [5.74, 6) is -0.106. The Morgan fingerprint density at radius 2 is 2.00 bits per heavy atom. The van der Waals surface area contributed by atoms with Crippen molar-refractivity contribution in [2.24, 2.45) is 0 Å². The second-order valence-corrected chi connectivity index (χ2v) is 4.50. The van der Waals surface area contributed by atoms with Crippen LogP contribution in [0.2, 0.25) is 10.2 Å². The molecular weight excluding hydrogens is 306 g/mol. The molecule has 0 saturated carbocycles. The third kappa shape index (κ3) is 1.82.